The molecular weight excluding hydrogens is 262 g/mol. The van der Waals surface area contributed by atoms with Gasteiger partial charge < -0.3 is 5.43 Å². The van der Waals surface area contributed by atoms with Gasteiger partial charge in [-0.15, -0.1) is 0 Å². The van der Waals surface area contributed by atoms with E-state index in [4.69, 9.17) is 10.9 Å². The van der Waals surface area contributed by atoms with E-state index in [-0.39, 0.29) is 0 Å². The molecule has 1 aliphatic carbocycles. The molecule has 0 saturated heterocycles. The van der Waals surface area contributed by atoms with E-state index in [9.17, 15) is 0 Å². The van der Waals surface area contributed by atoms with Gasteiger partial charge in [0, 0.05) is 17.5 Å². The molecule has 3 rings (SSSR count). The number of anilines is 1. The Labute approximate surface area is 125 Å². The minimum atomic E-state index is 0.470. The number of hydrogen-bond donors (Lipinski definition) is 2. The maximum atomic E-state index is 5.64. The summed E-state index contributed by atoms with van der Waals surface area (Å²) < 4.78 is 2.06. The van der Waals surface area contributed by atoms with Crippen LogP contribution in [0.25, 0.3) is 5.69 Å². The number of aryl methyl sites for hydroxylation is 1. The number of aromatic nitrogens is 3. The zero-order valence-electron chi connectivity index (χ0n) is 13.1. The van der Waals surface area contributed by atoms with E-state index in [0.717, 1.165) is 17.2 Å². The van der Waals surface area contributed by atoms with Crippen molar-refractivity contribution in [2.75, 3.05) is 5.43 Å². The molecule has 0 aliphatic heterocycles. The van der Waals surface area contributed by atoms with Gasteiger partial charge in [-0.3, -0.25) is 0 Å². The molecule has 0 amide bonds. The first-order valence-corrected chi connectivity index (χ1v) is 7.56. The molecule has 1 aliphatic rings. The Morgan fingerprint density at radius 2 is 2.05 bits per heavy atom. The molecule has 0 atom stereocenters. The molecule has 0 spiro atoms. The van der Waals surface area contributed by atoms with Gasteiger partial charge in [0.15, 0.2) is 0 Å². The van der Waals surface area contributed by atoms with Crippen LogP contribution in [0.5, 0.6) is 0 Å². The molecule has 0 unspecified atom stereocenters. The molecular formula is C16H23N5. The summed E-state index contributed by atoms with van der Waals surface area (Å²) in [6, 6.07) is 2.04. The van der Waals surface area contributed by atoms with Crippen molar-refractivity contribution in [3.05, 3.63) is 34.8 Å². The molecule has 2 heterocycles. The predicted octanol–water partition coefficient (Wildman–Crippen LogP) is 3.17. The molecule has 21 heavy (non-hydrogen) atoms. The standard InChI is InChI=1S/C16H23N5/c1-9(2)14-10(3)20-21(11(14)4)13-7-8-18-16(19-17)15(13)12-5-6-12/h7-9,12H,5-6,17H2,1-4H3,(H,18,19). The normalized spacial score (nSPS) is 14.8. The number of nitrogen functional groups attached to an aromatic ring is 1. The van der Waals surface area contributed by atoms with E-state index in [1.54, 1.807) is 6.20 Å². The van der Waals surface area contributed by atoms with Crippen molar-refractivity contribution in [2.24, 2.45) is 5.84 Å². The average Bonchev–Trinajstić information content (AvgIpc) is 3.23. The first-order valence-electron chi connectivity index (χ1n) is 7.56. The van der Waals surface area contributed by atoms with Gasteiger partial charge in [-0.25, -0.2) is 15.5 Å². The molecule has 1 saturated carbocycles. The lowest BCUT2D eigenvalue weighted by atomic mass is 10.0. The number of rotatable bonds is 4. The summed E-state index contributed by atoms with van der Waals surface area (Å²) in [6.07, 6.45) is 4.19. The third kappa shape index (κ3) is 2.31. The van der Waals surface area contributed by atoms with E-state index in [0.29, 0.717) is 11.8 Å². The monoisotopic (exact) mass is 285 g/mol. The van der Waals surface area contributed by atoms with Crippen LogP contribution >= 0.6 is 0 Å². The highest BCUT2D eigenvalue weighted by atomic mass is 15.3. The summed E-state index contributed by atoms with van der Waals surface area (Å²) in [5.74, 6) is 7.43. The van der Waals surface area contributed by atoms with E-state index in [1.807, 2.05) is 6.07 Å². The molecule has 0 aromatic carbocycles. The van der Waals surface area contributed by atoms with Crippen LogP contribution in [-0.4, -0.2) is 14.8 Å². The molecule has 2 aromatic rings. The molecule has 112 valence electrons. The van der Waals surface area contributed by atoms with Crippen molar-refractivity contribution in [1.29, 1.82) is 0 Å². The summed E-state index contributed by atoms with van der Waals surface area (Å²) in [5, 5.41) is 4.77. The topological polar surface area (TPSA) is 68.8 Å². The van der Waals surface area contributed by atoms with E-state index >= 15 is 0 Å². The van der Waals surface area contributed by atoms with Gasteiger partial charge in [-0.1, -0.05) is 13.8 Å². The Kier molecular flexibility index (Phi) is 3.45. The van der Waals surface area contributed by atoms with Crippen molar-refractivity contribution >= 4 is 5.82 Å². The van der Waals surface area contributed by atoms with Crippen LogP contribution in [0.1, 0.15) is 61.0 Å². The second-order valence-electron chi connectivity index (χ2n) is 6.16. The summed E-state index contributed by atoms with van der Waals surface area (Å²) in [6.45, 7) is 8.64. The minimum absolute atomic E-state index is 0.470. The maximum Gasteiger partial charge on any atom is 0.145 e. The van der Waals surface area contributed by atoms with Crippen molar-refractivity contribution < 1.29 is 0 Å². The lowest BCUT2D eigenvalue weighted by Crippen LogP contribution is -2.13. The quantitative estimate of drug-likeness (QED) is 0.668. The highest BCUT2D eigenvalue weighted by molar-refractivity contribution is 5.58. The van der Waals surface area contributed by atoms with Crippen molar-refractivity contribution in [3.8, 4) is 5.69 Å². The fourth-order valence-corrected chi connectivity index (χ4v) is 3.26. The first-order chi connectivity index (χ1) is 10.0. The molecule has 0 bridgehead atoms. The number of hydrazine groups is 1. The van der Waals surface area contributed by atoms with Crippen LogP contribution in [0.2, 0.25) is 0 Å². The smallest absolute Gasteiger partial charge is 0.145 e. The van der Waals surface area contributed by atoms with Crippen LogP contribution in [0.15, 0.2) is 12.3 Å². The Hall–Kier alpha value is -1.88. The van der Waals surface area contributed by atoms with Crippen LogP contribution in [-0.2, 0) is 0 Å². The second-order valence-corrected chi connectivity index (χ2v) is 6.16. The van der Waals surface area contributed by atoms with Gasteiger partial charge >= 0.3 is 0 Å². The first kappa shape index (κ1) is 14.1. The molecule has 5 nitrogen and oxygen atoms in total. The Bertz CT molecular complexity index is 668. The fourth-order valence-electron chi connectivity index (χ4n) is 3.26. The SMILES string of the molecule is Cc1nn(-c2ccnc(NN)c2C2CC2)c(C)c1C(C)C. The van der Waals surface area contributed by atoms with Crippen LogP contribution in [0.4, 0.5) is 5.82 Å². The number of nitrogens with two attached hydrogens (primary N) is 1. The molecule has 3 N–H and O–H groups in total. The Morgan fingerprint density at radius 1 is 1.33 bits per heavy atom. The van der Waals surface area contributed by atoms with Crippen LogP contribution in [0, 0.1) is 13.8 Å². The van der Waals surface area contributed by atoms with Gasteiger partial charge in [0.1, 0.15) is 5.82 Å². The average molecular weight is 285 g/mol. The van der Waals surface area contributed by atoms with Crippen LogP contribution in [0.3, 0.4) is 0 Å². The highest BCUT2D eigenvalue weighted by Gasteiger charge is 2.31. The number of nitrogens with one attached hydrogen (secondary N) is 1. The summed E-state index contributed by atoms with van der Waals surface area (Å²) in [5.41, 5.74) is 8.68. The van der Waals surface area contributed by atoms with Crippen molar-refractivity contribution in [1.82, 2.24) is 14.8 Å². The molecule has 2 aromatic heterocycles. The van der Waals surface area contributed by atoms with Crippen molar-refractivity contribution in [3.63, 3.8) is 0 Å². The number of pyridine rings is 1. The zero-order chi connectivity index (χ0) is 15.1. The van der Waals surface area contributed by atoms with Gasteiger partial charge in [0.25, 0.3) is 0 Å². The van der Waals surface area contributed by atoms with Gasteiger partial charge in [0.05, 0.1) is 11.4 Å². The highest BCUT2D eigenvalue weighted by Crippen LogP contribution is 2.45. The lowest BCUT2D eigenvalue weighted by Gasteiger charge is -2.14. The number of hydrogen-bond acceptors (Lipinski definition) is 4. The third-order valence-corrected chi connectivity index (χ3v) is 4.24. The lowest BCUT2D eigenvalue weighted by molar-refractivity contribution is 0.808. The summed E-state index contributed by atoms with van der Waals surface area (Å²) >= 11 is 0. The maximum absolute atomic E-state index is 5.64. The van der Waals surface area contributed by atoms with E-state index < -0.39 is 0 Å². The predicted molar refractivity (Wildman–Crippen MR) is 84.7 cm³/mol. The molecule has 5 heteroatoms. The van der Waals surface area contributed by atoms with Gasteiger partial charge in [-0.05, 0) is 50.2 Å². The largest absolute Gasteiger partial charge is 0.308 e. The summed E-state index contributed by atoms with van der Waals surface area (Å²) in [7, 11) is 0. The second kappa shape index (κ2) is 5.15. The Balaban J connectivity index is 2.19. The molecule has 1 fully saturated rings. The Morgan fingerprint density at radius 3 is 2.57 bits per heavy atom. The van der Waals surface area contributed by atoms with Crippen molar-refractivity contribution in [2.45, 2.75) is 52.4 Å². The minimum Gasteiger partial charge on any atom is -0.308 e. The number of nitrogens with zero attached hydrogens (tertiary/aromatic N) is 3. The fraction of sp³-hybridized carbons (Fsp3) is 0.500. The third-order valence-electron chi connectivity index (χ3n) is 4.24. The zero-order valence-corrected chi connectivity index (χ0v) is 13.1. The van der Waals surface area contributed by atoms with Gasteiger partial charge in [0.2, 0.25) is 0 Å². The van der Waals surface area contributed by atoms with Crippen LogP contribution < -0.4 is 11.3 Å². The molecule has 0 radical (unpaired) electrons. The summed E-state index contributed by atoms with van der Waals surface area (Å²) in [4.78, 5) is 4.36. The van der Waals surface area contributed by atoms with E-state index in [1.165, 1.54) is 29.7 Å². The van der Waals surface area contributed by atoms with Gasteiger partial charge in [-0.2, -0.15) is 5.10 Å². The van der Waals surface area contributed by atoms with E-state index in [2.05, 4.69) is 42.8 Å².